The lowest BCUT2D eigenvalue weighted by Crippen LogP contribution is -2.37. The van der Waals surface area contributed by atoms with E-state index in [9.17, 15) is 8.42 Å². The Labute approximate surface area is 108 Å². The minimum absolute atomic E-state index is 0.180. The minimum atomic E-state index is -3.50. The number of aliphatic hydroxyl groups is 1. The maximum Gasteiger partial charge on any atom is 0.243 e. The van der Waals surface area contributed by atoms with Crippen LogP contribution in [-0.4, -0.2) is 37.5 Å². The first-order chi connectivity index (χ1) is 8.46. The maximum absolute atomic E-state index is 12.3. The van der Waals surface area contributed by atoms with Gasteiger partial charge in [0.1, 0.15) is 0 Å². The second kappa shape index (κ2) is 4.99. The molecule has 5 heteroatoms. The number of aliphatic hydroxyl groups excluding tert-OH is 1. The number of hydrogen-bond donors (Lipinski definition) is 1. The van der Waals surface area contributed by atoms with Gasteiger partial charge < -0.3 is 5.11 Å². The van der Waals surface area contributed by atoms with Crippen molar-refractivity contribution in [2.45, 2.75) is 37.1 Å². The Bertz CT molecular complexity index is 539. The summed E-state index contributed by atoms with van der Waals surface area (Å²) in [5, 5.41) is 9.06. The molecule has 0 fully saturated rings. The SMILES string of the molecule is CC(CO)N(C)S(=O)(=O)c1ccc2c(c1)CCC2. The van der Waals surface area contributed by atoms with Crippen LogP contribution in [0.3, 0.4) is 0 Å². The number of likely N-dealkylation sites (N-methyl/N-ethyl adjacent to an activating group) is 1. The minimum Gasteiger partial charge on any atom is -0.395 e. The Morgan fingerprint density at radius 3 is 2.67 bits per heavy atom. The van der Waals surface area contributed by atoms with Gasteiger partial charge in [-0.1, -0.05) is 6.07 Å². The summed E-state index contributed by atoms with van der Waals surface area (Å²) in [7, 11) is -2.00. The molecule has 4 nitrogen and oxygen atoms in total. The van der Waals surface area contributed by atoms with Crippen molar-refractivity contribution in [3.05, 3.63) is 29.3 Å². The number of rotatable bonds is 4. The summed E-state index contributed by atoms with van der Waals surface area (Å²) in [5.74, 6) is 0. The summed E-state index contributed by atoms with van der Waals surface area (Å²) in [6, 6.07) is 4.94. The van der Waals surface area contributed by atoms with Crippen LogP contribution in [0.1, 0.15) is 24.5 Å². The summed E-state index contributed by atoms with van der Waals surface area (Å²) in [5.41, 5.74) is 2.40. The summed E-state index contributed by atoms with van der Waals surface area (Å²) >= 11 is 0. The highest BCUT2D eigenvalue weighted by molar-refractivity contribution is 7.89. The number of sulfonamides is 1. The number of nitrogens with zero attached hydrogens (tertiary/aromatic N) is 1. The van der Waals surface area contributed by atoms with E-state index in [-0.39, 0.29) is 6.61 Å². The van der Waals surface area contributed by atoms with E-state index < -0.39 is 16.1 Å². The van der Waals surface area contributed by atoms with E-state index in [1.807, 2.05) is 6.07 Å². The van der Waals surface area contributed by atoms with E-state index in [1.165, 1.54) is 16.9 Å². The van der Waals surface area contributed by atoms with Crippen LogP contribution in [0.2, 0.25) is 0 Å². The van der Waals surface area contributed by atoms with Gasteiger partial charge >= 0.3 is 0 Å². The first-order valence-electron chi connectivity index (χ1n) is 6.17. The molecule has 0 spiro atoms. The molecule has 1 N–H and O–H groups in total. The first kappa shape index (κ1) is 13.5. The van der Waals surface area contributed by atoms with Gasteiger partial charge in [-0.05, 0) is 49.4 Å². The molecule has 1 atom stereocenters. The van der Waals surface area contributed by atoms with Gasteiger partial charge in [-0.3, -0.25) is 0 Å². The second-order valence-electron chi connectivity index (χ2n) is 4.84. The van der Waals surface area contributed by atoms with E-state index >= 15 is 0 Å². The highest BCUT2D eigenvalue weighted by atomic mass is 32.2. The zero-order chi connectivity index (χ0) is 13.3. The van der Waals surface area contributed by atoms with Crippen LogP contribution >= 0.6 is 0 Å². The Kier molecular flexibility index (Phi) is 3.75. The third kappa shape index (κ3) is 2.30. The average Bonchev–Trinajstić information content (AvgIpc) is 2.83. The van der Waals surface area contributed by atoms with Crippen LogP contribution in [0.15, 0.2) is 23.1 Å². The van der Waals surface area contributed by atoms with Crippen LogP contribution in [0.25, 0.3) is 0 Å². The Balaban J connectivity index is 2.36. The molecule has 1 aromatic carbocycles. The average molecular weight is 269 g/mol. The third-order valence-corrected chi connectivity index (χ3v) is 5.60. The van der Waals surface area contributed by atoms with Gasteiger partial charge in [-0.2, -0.15) is 4.31 Å². The summed E-state index contributed by atoms with van der Waals surface area (Å²) in [4.78, 5) is 0.325. The molecule has 1 aliphatic carbocycles. The normalized spacial score (nSPS) is 16.9. The highest BCUT2D eigenvalue weighted by Crippen LogP contribution is 2.26. The van der Waals surface area contributed by atoms with Gasteiger partial charge in [0, 0.05) is 13.1 Å². The molecule has 0 saturated carbocycles. The molecule has 1 aliphatic rings. The van der Waals surface area contributed by atoms with Crippen LogP contribution in [0.5, 0.6) is 0 Å². The molecule has 0 bridgehead atoms. The van der Waals surface area contributed by atoms with Crippen molar-refractivity contribution in [3.8, 4) is 0 Å². The monoisotopic (exact) mass is 269 g/mol. The van der Waals surface area contributed by atoms with E-state index in [0.717, 1.165) is 24.8 Å². The standard InChI is InChI=1S/C13H19NO3S/c1-10(9-15)14(2)18(16,17)13-7-6-11-4-3-5-12(11)8-13/h6-8,10,15H,3-5,9H2,1-2H3. The van der Waals surface area contributed by atoms with Gasteiger partial charge in [0.05, 0.1) is 11.5 Å². The molecule has 0 saturated heterocycles. The lowest BCUT2D eigenvalue weighted by molar-refractivity contribution is 0.214. The molecule has 18 heavy (non-hydrogen) atoms. The molecule has 0 radical (unpaired) electrons. The number of fused-ring (bicyclic) bond motifs is 1. The number of aryl methyl sites for hydroxylation is 2. The smallest absolute Gasteiger partial charge is 0.243 e. The van der Waals surface area contributed by atoms with E-state index in [4.69, 9.17) is 5.11 Å². The van der Waals surface area contributed by atoms with Crippen LogP contribution < -0.4 is 0 Å². The number of hydrogen-bond acceptors (Lipinski definition) is 3. The molecule has 0 aromatic heterocycles. The van der Waals surface area contributed by atoms with E-state index in [1.54, 1.807) is 19.1 Å². The van der Waals surface area contributed by atoms with Crippen molar-refractivity contribution >= 4 is 10.0 Å². The van der Waals surface area contributed by atoms with Gasteiger partial charge in [0.25, 0.3) is 0 Å². The van der Waals surface area contributed by atoms with Crippen LogP contribution in [-0.2, 0) is 22.9 Å². The topological polar surface area (TPSA) is 57.6 Å². The molecule has 0 aliphatic heterocycles. The maximum atomic E-state index is 12.3. The lowest BCUT2D eigenvalue weighted by Gasteiger charge is -2.22. The molecular formula is C13H19NO3S. The fourth-order valence-corrected chi connectivity index (χ4v) is 3.63. The molecule has 1 unspecified atom stereocenters. The quantitative estimate of drug-likeness (QED) is 0.893. The predicted octanol–water partition coefficient (Wildman–Crippen LogP) is 1.18. The zero-order valence-electron chi connectivity index (χ0n) is 10.8. The van der Waals surface area contributed by atoms with Crippen molar-refractivity contribution in [3.63, 3.8) is 0 Å². The zero-order valence-corrected chi connectivity index (χ0v) is 11.6. The fourth-order valence-electron chi connectivity index (χ4n) is 2.23. The summed E-state index contributed by atoms with van der Waals surface area (Å²) < 4.78 is 25.9. The van der Waals surface area contributed by atoms with Crippen molar-refractivity contribution in [2.75, 3.05) is 13.7 Å². The van der Waals surface area contributed by atoms with Gasteiger partial charge in [-0.15, -0.1) is 0 Å². The van der Waals surface area contributed by atoms with E-state index in [0.29, 0.717) is 4.90 Å². The Morgan fingerprint density at radius 2 is 2.00 bits per heavy atom. The fraction of sp³-hybridized carbons (Fsp3) is 0.538. The first-order valence-corrected chi connectivity index (χ1v) is 7.61. The summed E-state index contributed by atoms with van der Waals surface area (Å²) in [6.45, 7) is 1.51. The molecule has 0 heterocycles. The Morgan fingerprint density at radius 1 is 1.33 bits per heavy atom. The van der Waals surface area contributed by atoms with Crippen molar-refractivity contribution in [2.24, 2.45) is 0 Å². The van der Waals surface area contributed by atoms with Crippen LogP contribution in [0.4, 0.5) is 0 Å². The number of benzene rings is 1. The molecular weight excluding hydrogens is 250 g/mol. The molecule has 1 aromatic rings. The highest BCUT2D eigenvalue weighted by Gasteiger charge is 2.26. The van der Waals surface area contributed by atoms with Crippen LogP contribution in [0, 0.1) is 0 Å². The molecule has 100 valence electrons. The lowest BCUT2D eigenvalue weighted by atomic mass is 10.1. The molecule has 0 amide bonds. The third-order valence-electron chi connectivity index (χ3n) is 3.63. The van der Waals surface area contributed by atoms with Crippen molar-refractivity contribution in [1.82, 2.24) is 4.31 Å². The Hall–Kier alpha value is -0.910. The summed E-state index contributed by atoms with van der Waals surface area (Å²) in [6.07, 6.45) is 3.10. The van der Waals surface area contributed by atoms with Gasteiger partial charge in [0.15, 0.2) is 0 Å². The largest absolute Gasteiger partial charge is 0.395 e. The van der Waals surface area contributed by atoms with Gasteiger partial charge in [-0.25, -0.2) is 8.42 Å². The molecule has 2 rings (SSSR count). The van der Waals surface area contributed by atoms with Crippen molar-refractivity contribution < 1.29 is 13.5 Å². The predicted molar refractivity (Wildman–Crippen MR) is 70.0 cm³/mol. The van der Waals surface area contributed by atoms with Crippen molar-refractivity contribution in [1.29, 1.82) is 0 Å². The second-order valence-corrected chi connectivity index (χ2v) is 6.83. The van der Waals surface area contributed by atoms with E-state index in [2.05, 4.69) is 0 Å². The van der Waals surface area contributed by atoms with Gasteiger partial charge in [0.2, 0.25) is 10.0 Å².